The van der Waals surface area contributed by atoms with Crippen LogP contribution in [0.15, 0.2) is 168 Å². The average molecular weight is 682 g/mol. The van der Waals surface area contributed by atoms with Crippen molar-refractivity contribution < 1.29 is 0 Å². The third-order valence-corrected chi connectivity index (χ3v) is 6.72. The Morgan fingerprint density at radius 2 is 1.00 bits per heavy atom. The number of fused-ring (bicyclic) bond motifs is 4. The molecule has 5 nitrogen and oxygen atoms in total. The van der Waals surface area contributed by atoms with Gasteiger partial charge in [-0.3, -0.25) is 14.6 Å². The van der Waals surface area contributed by atoms with Gasteiger partial charge in [0.15, 0.2) is 5.43 Å². The first-order valence-electron chi connectivity index (χ1n) is 18.0. The van der Waals surface area contributed by atoms with Crippen LogP contribution in [0, 0.1) is 6.92 Å². The predicted molar refractivity (Wildman–Crippen MR) is 225 cm³/mol. The van der Waals surface area contributed by atoms with Gasteiger partial charge in [-0.1, -0.05) is 158 Å². The van der Waals surface area contributed by atoms with Gasteiger partial charge in [0.25, 0.3) is 0 Å². The highest BCUT2D eigenvalue weighted by Gasteiger charge is 1.93. The zero-order valence-corrected chi connectivity index (χ0v) is 31.8. The fourth-order valence-electron chi connectivity index (χ4n) is 4.54. The highest BCUT2D eigenvalue weighted by Crippen LogP contribution is 2.14. The molecule has 3 aromatic heterocycles. The monoisotopic (exact) mass is 681 g/mol. The van der Waals surface area contributed by atoms with Crippen LogP contribution in [0.4, 0.5) is 0 Å². The van der Waals surface area contributed by atoms with Crippen LogP contribution in [0.2, 0.25) is 0 Å². The van der Waals surface area contributed by atoms with Crippen LogP contribution >= 0.6 is 0 Å². The van der Waals surface area contributed by atoms with Crippen LogP contribution in [-0.4, -0.2) is 15.0 Å². The van der Waals surface area contributed by atoms with Crippen LogP contribution in [0.1, 0.15) is 61.0 Å². The molecule has 266 valence electrons. The standard InChI is InChI=1S/C11H10.2C9H7NO.C9H7N.4C2H6/c1-9-6-7-10-4-2-3-5-11(10)8-9;11-9-5-6-10-8-4-2-1-3-7(8)9;11-9-6-5-7-3-1-2-4-8(7)10-9;1-2-6-9-8(4-1)5-3-7-10-9;4*1-2/h2-8H,1H3;2*1-6H,(H,10,11);1-7H;4*1-2H3. The fourth-order valence-corrected chi connectivity index (χ4v) is 4.54. The Bertz CT molecular complexity index is 2140. The summed E-state index contributed by atoms with van der Waals surface area (Å²) in [6, 6.07) is 47.0. The minimum Gasteiger partial charge on any atom is -0.361 e. The summed E-state index contributed by atoms with van der Waals surface area (Å²) in [7, 11) is 0. The molecule has 0 fully saturated rings. The number of benzene rings is 5. The Morgan fingerprint density at radius 3 is 1.67 bits per heavy atom. The van der Waals surface area contributed by atoms with E-state index in [1.807, 2.05) is 140 Å². The van der Waals surface area contributed by atoms with Gasteiger partial charge in [-0.05, 0) is 59.5 Å². The van der Waals surface area contributed by atoms with Crippen molar-refractivity contribution in [3.05, 3.63) is 184 Å². The number of hydrogen-bond acceptors (Lipinski definition) is 3. The summed E-state index contributed by atoms with van der Waals surface area (Å²) >= 11 is 0. The number of aromatic nitrogens is 3. The molecule has 3 heterocycles. The van der Waals surface area contributed by atoms with E-state index in [9.17, 15) is 9.59 Å². The maximum Gasteiger partial charge on any atom is 0.248 e. The van der Waals surface area contributed by atoms with E-state index in [2.05, 4.69) is 76.5 Å². The molecule has 0 saturated carbocycles. The number of nitrogens with zero attached hydrogens (tertiary/aromatic N) is 1. The second-order valence-electron chi connectivity index (χ2n) is 9.84. The van der Waals surface area contributed by atoms with E-state index in [-0.39, 0.29) is 11.0 Å². The Labute approximate surface area is 304 Å². The van der Waals surface area contributed by atoms with Gasteiger partial charge < -0.3 is 9.97 Å². The predicted octanol–water partition coefficient (Wildman–Crippen LogP) is 12.5. The SMILES string of the molecule is CC.CC.CC.CC.Cc1ccc2ccccc2c1.O=c1cc[nH]c2ccccc12.O=c1ccc2ccccc2[nH]1.c1ccc2ncccc2c1. The van der Waals surface area contributed by atoms with Crippen molar-refractivity contribution in [2.75, 3.05) is 0 Å². The molecule has 2 N–H and O–H groups in total. The summed E-state index contributed by atoms with van der Waals surface area (Å²) in [5, 5.41) is 5.65. The lowest BCUT2D eigenvalue weighted by Gasteiger charge is -1.96. The number of aromatic amines is 2. The summed E-state index contributed by atoms with van der Waals surface area (Å²) in [5.41, 5.74) is 4.18. The summed E-state index contributed by atoms with van der Waals surface area (Å²) < 4.78 is 0. The third kappa shape index (κ3) is 14.7. The number of hydrogen-bond donors (Lipinski definition) is 2. The van der Waals surface area contributed by atoms with Crippen molar-refractivity contribution in [1.29, 1.82) is 0 Å². The second-order valence-corrected chi connectivity index (χ2v) is 9.84. The molecule has 5 heteroatoms. The molecule has 0 unspecified atom stereocenters. The minimum atomic E-state index is -0.0521. The summed E-state index contributed by atoms with van der Waals surface area (Å²) in [4.78, 5) is 31.9. The van der Waals surface area contributed by atoms with Crippen molar-refractivity contribution in [3.63, 3.8) is 0 Å². The lowest BCUT2D eigenvalue weighted by atomic mass is 10.1. The summed E-state index contributed by atoms with van der Waals surface area (Å²) in [6.07, 6.45) is 3.47. The molecule has 8 rings (SSSR count). The molecular formula is C46H55N3O2. The largest absolute Gasteiger partial charge is 0.361 e. The summed E-state index contributed by atoms with van der Waals surface area (Å²) in [5.74, 6) is 0. The molecule has 0 aliphatic carbocycles. The number of para-hydroxylation sites is 3. The lowest BCUT2D eigenvalue weighted by molar-refractivity contribution is 1.31. The number of rotatable bonds is 0. The van der Waals surface area contributed by atoms with Gasteiger partial charge in [0, 0.05) is 46.3 Å². The van der Waals surface area contributed by atoms with Gasteiger partial charge in [-0.25, -0.2) is 0 Å². The van der Waals surface area contributed by atoms with E-state index in [0.29, 0.717) is 0 Å². The van der Waals surface area contributed by atoms with Gasteiger partial charge in [0.2, 0.25) is 5.56 Å². The van der Waals surface area contributed by atoms with E-state index < -0.39 is 0 Å². The number of nitrogens with one attached hydrogen (secondary N) is 2. The zero-order chi connectivity index (χ0) is 37.9. The molecule has 5 aromatic carbocycles. The number of pyridine rings is 3. The molecule has 8 aromatic rings. The van der Waals surface area contributed by atoms with Crippen molar-refractivity contribution in [1.82, 2.24) is 15.0 Å². The highest BCUT2D eigenvalue weighted by molar-refractivity contribution is 5.83. The first kappa shape index (κ1) is 43.2. The summed E-state index contributed by atoms with van der Waals surface area (Å²) in [6.45, 7) is 18.1. The third-order valence-electron chi connectivity index (χ3n) is 6.72. The topological polar surface area (TPSA) is 78.6 Å². The van der Waals surface area contributed by atoms with E-state index in [4.69, 9.17) is 0 Å². The Hall–Kier alpha value is -5.81. The number of H-pyrrole nitrogens is 2. The minimum absolute atomic E-state index is 0.0521. The van der Waals surface area contributed by atoms with E-state index >= 15 is 0 Å². The number of aryl methyl sites for hydroxylation is 1. The Morgan fingerprint density at radius 1 is 0.471 bits per heavy atom. The molecule has 0 aliphatic rings. The quantitative estimate of drug-likeness (QED) is 0.167. The van der Waals surface area contributed by atoms with Crippen molar-refractivity contribution in [2.24, 2.45) is 0 Å². The van der Waals surface area contributed by atoms with Crippen LogP contribution in [-0.2, 0) is 0 Å². The van der Waals surface area contributed by atoms with E-state index in [1.54, 1.807) is 6.20 Å². The van der Waals surface area contributed by atoms with Gasteiger partial charge in [0.1, 0.15) is 0 Å². The first-order valence-corrected chi connectivity index (χ1v) is 18.0. The molecule has 0 aliphatic heterocycles. The smallest absolute Gasteiger partial charge is 0.248 e. The van der Waals surface area contributed by atoms with Gasteiger partial charge in [0.05, 0.1) is 5.52 Å². The maximum atomic E-state index is 11.2. The Balaban J connectivity index is 0.000000319. The van der Waals surface area contributed by atoms with Gasteiger partial charge in [-0.15, -0.1) is 0 Å². The lowest BCUT2D eigenvalue weighted by Crippen LogP contribution is -2.01. The van der Waals surface area contributed by atoms with Crippen LogP contribution < -0.4 is 11.0 Å². The van der Waals surface area contributed by atoms with Crippen LogP contribution in [0.25, 0.3) is 43.5 Å². The van der Waals surface area contributed by atoms with E-state index in [0.717, 1.165) is 27.3 Å². The van der Waals surface area contributed by atoms with Gasteiger partial charge >= 0.3 is 0 Å². The second kappa shape index (κ2) is 26.1. The van der Waals surface area contributed by atoms with Crippen molar-refractivity contribution >= 4 is 43.5 Å². The molecule has 51 heavy (non-hydrogen) atoms. The first-order chi connectivity index (χ1) is 25.1. The molecular weight excluding hydrogens is 627 g/mol. The fraction of sp³-hybridized carbons (Fsp3) is 0.196. The molecule has 0 spiro atoms. The highest BCUT2D eigenvalue weighted by atomic mass is 16.1. The molecule has 0 amide bonds. The Kier molecular flexibility index (Phi) is 22.1. The molecule has 0 atom stereocenters. The molecule has 0 radical (unpaired) electrons. The molecule has 0 saturated heterocycles. The van der Waals surface area contributed by atoms with E-state index in [1.165, 1.54) is 33.9 Å². The van der Waals surface area contributed by atoms with Crippen LogP contribution in [0.3, 0.4) is 0 Å². The molecule has 0 bridgehead atoms. The average Bonchev–Trinajstić information content (AvgIpc) is 3.22. The van der Waals surface area contributed by atoms with Crippen molar-refractivity contribution in [2.45, 2.75) is 62.3 Å². The van der Waals surface area contributed by atoms with Crippen LogP contribution in [0.5, 0.6) is 0 Å². The van der Waals surface area contributed by atoms with Gasteiger partial charge in [-0.2, -0.15) is 0 Å². The zero-order valence-electron chi connectivity index (χ0n) is 31.8. The maximum absolute atomic E-state index is 11.2. The normalized spacial score (nSPS) is 9.04. The van der Waals surface area contributed by atoms with Crippen molar-refractivity contribution in [3.8, 4) is 0 Å².